The van der Waals surface area contributed by atoms with E-state index in [9.17, 15) is 14.7 Å². The van der Waals surface area contributed by atoms with Crippen molar-refractivity contribution in [2.24, 2.45) is 5.92 Å². The van der Waals surface area contributed by atoms with Crippen LogP contribution in [-0.2, 0) is 22.6 Å². The number of hydrogen-bond acceptors (Lipinski definition) is 3. The maximum absolute atomic E-state index is 12.7. The van der Waals surface area contributed by atoms with Crippen LogP contribution in [0.2, 0.25) is 0 Å². The molecule has 5 nitrogen and oxygen atoms in total. The van der Waals surface area contributed by atoms with Gasteiger partial charge in [0.25, 0.3) is 0 Å². The maximum Gasteiger partial charge on any atom is 0.411 e. The molecule has 28 heavy (non-hydrogen) atoms. The Bertz CT molecular complexity index is 756. The number of hydrogen-bond donors (Lipinski definition) is 1. The van der Waals surface area contributed by atoms with Crippen molar-refractivity contribution in [1.82, 2.24) is 4.90 Å². The molecule has 150 valence electrons. The minimum absolute atomic E-state index is 0.111. The molecule has 0 saturated heterocycles. The number of amides is 1. The van der Waals surface area contributed by atoms with Crippen molar-refractivity contribution in [3.05, 3.63) is 71.3 Å². The first-order valence-electron chi connectivity index (χ1n) is 9.71. The Labute approximate surface area is 166 Å². The second-order valence-corrected chi connectivity index (χ2v) is 7.31. The van der Waals surface area contributed by atoms with E-state index in [2.05, 4.69) is 13.8 Å². The van der Waals surface area contributed by atoms with E-state index in [0.29, 0.717) is 24.4 Å². The highest BCUT2D eigenvalue weighted by Gasteiger charge is 2.31. The number of carboxylic acids is 1. The van der Waals surface area contributed by atoms with Crippen molar-refractivity contribution in [2.45, 2.75) is 46.3 Å². The number of ether oxygens (including phenoxy) is 1. The predicted molar refractivity (Wildman–Crippen MR) is 109 cm³/mol. The summed E-state index contributed by atoms with van der Waals surface area (Å²) in [4.78, 5) is 26.0. The number of rotatable bonds is 9. The van der Waals surface area contributed by atoms with Crippen LogP contribution in [0, 0.1) is 5.92 Å². The molecule has 0 aromatic heterocycles. The molecule has 1 atom stereocenters. The maximum atomic E-state index is 12.7. The zero-order valence-corrected chi connectivity index (χ0v) is 16.8. The molecule has 0 bridgehead atoms. The third-order valence-corrected chi connectivity index (χ3v) is 4.39. The molecule has 5 heteroatoms. The molecule has 0 spiro atoms. The van der Waals surface area contributed by atoms with Gasteiger partial charge in [0.2, 0.25) is 0 Å². The molecule has 2 aromatic rings. The third-order valence-electron chi connectivity index (χ3n) is 4.39. The van der Waals surface area contributed by atoms with Crippen molar-refractivity contribution >= 4 is 12.1 Å². The van der Waals surface area contributed by atoms with E-state index < -0.39 is 18.1 Å². The number of benzene rings is 2. The van der Waals surface area contributed by atoms with Crippen LogP contribution in [0.15, 0.2) is 54.6 Å². The van der Waals surface area contributed by atoms with E-state index in [1.165, 1.54) is 4.90 Å². The Kier molecular flexibility index (Phi) is 8.05. The van der Waals surface area contributed by atoms with Crippen LogP contribution in [0.5, 0.6) is 0 Å². The normalized spacial score (nSPS) is 11.9. The van der Waals surface area contributed by atoms with Crippen LogP contribution in [-0.4, -0.2) is 28.6 Å². The van der Waals surface area contributed by atoms with Crippen molar-refractivity contribution in [1.29, 1.82) is 0 Å². The van der Waals surface area contributed by atoms with Gasteiger partial charge in [0.05, 0.1) is 0 Å². The molecule has 0 fully saturated rings. The minimum atomic E-state index is -1.07. The topological polar surface area (TPSA) is 66.8 Å². The predicted octanol–water partition coefficient (Wildman–Crippen LogP) is 5.06. The van der Waals surface area contributed by atoms with E-state index in [-0.39, 0.29) is 6.61 Å². The summed E-state index contributed by atoms with van der Waals surface area (Å²) in [6.45, 7) is 6.60. The second-order valence-electron chi connectivity index (χ2n) is 7.31. The Hall–Kier alpha value is -2.82. The highest BCUT2D eigenvalue weighted by atomic mass is 16.6. The largest absolute Gasteiger partial charge is 0.479 e. The second kappa shape index (κ2) is 10.5. The summed E-state index contributed by atoms with van der Waals surface area (Å²) in [5, 5.41) is 9.82. The lowest BCUT2D eigenvalue weighted by Gasteiger charge is -2.28. The van der Waals surface area contributed by atoms with Gasteiger partial charge < -0.3 is 9.84 Å². The van der Waals surface area contributed by atoms with Crippen LogP contribution < -0.4 is 0 Å². The molecule has 0 heterocycles. The highest BCUT2D eigenvalue weighted by Crippen LogP contribution is 2.24. The Morgan fingerprint density at radius 3 is 2.18 bits per heavy atom. The van der Waals surface area contributed by atoms with E-state index >= 15 is 0 Å². The average molecular weight is 383 g/mol. The van der Waals surface area contributed by atoms with Gasteiger partial charge in [-0.3, -0.25) is 4.90 Å². The fourth-order valence-corrected chi connectivity index (χ4v) is 3.13. The van der Waals surface area contributed by atoms with Gasteiger partial charge in [-0.05, 0) is 35.4 Å². The number of carbonyl (C=O) groups excluding carboxylic acids is 1. The first-order valence-corrected chi connectivity index (χ1v) is 9.71. The van der Waals surface area contributed by atoms with Crippen molar-refractivity contribution in [2.75, 3.05) is 6.54 Å². The van der Waals surface area contributed by atoms with Gasteiger partial charge >= 0.3 is 12.1 Å². The smallest absolute Gasteiger partial charge is 0.411 e. The van der Waals surface area contributed by atoms with Crippen LogP contribution in [0.1, 0.15) is 49.9 Å². The summed E-state index contributed by atoms with van der Waals surface area (Å²) in [7, 11) is 0. The van der Waals surface area contributed by atoms with E-state index in [1.54, 1.807) is 12.1 Å². The lowest BCUT2D eigenvalue weighted by atomic mass is 9.99. The number of carbonyl (C=O) groups is 2. The van der Waals surface area contributed by atoms with E-state index in [0.717, 1.165) is 17.5 Å². The number of carboxylic acid groups (broad SMARTS) is 1. The van der Waals surface area contributed by atoms with Crippen molar-refractivity contribution < 1.29 is 19.4 Å². The molecule has 1 unspecified atom stereocenters. The van der Waals surface area contributed by atoms with Crippen LogP contribution in [0.3, 0.4) is 0 Å². The molecule has 0 aliphatic carbocycles. The lowest BCUT2D eigenvalue weighted by molar-refractivity contribution is -0.143. The van der Waals surface area contributed by atoms with Crippen molar-refractivity contribution in [3.8, 4) is 0 Å². The molecular formula is C23H29NO4. The molecular weight excluding hydrogens is 354 g/mol. The lowest BCUT2D eigenvalue weighted by Crippen LogP contribution is -2.39. The summed E-state index contributed by atoms with van der Waals surface area (Å²) in [5.74, 6) is -0.549. The SMILES string of the molecule is CCCN(C(=O)OCc1ccccc1)C(C(=O)O)c1ccc(CC(C)C)cc1. The van der Waals surface area contributed by atoms with Gasteiger partial charge in [-0.2, -0.15) is 0 Å². The first kappa shape index (κ1) is 21.5. The molecule has 1 amide bonds. The van der Waals surface area contributed by atoms with Gasteiger partial charge in [0, 0.05) is 6.54 Å². The molecule has 2 rings (SSSR count). The van der Waals surface area contributed by atoms with Crippen LogP contribution in [0.4, 0.5) is 4.79 Å². The van der Waals surface area contributed by atoms with Gasteiger partial charge in [-0.15, -0.1) is 0 Å². The zero-order chi connectivity index (χ0) is 20.5. The van der Waals surface area contributed by atoms with Gasteiger partial charge in [0.1, 0.15) is 6.61 Å². The fraction of sp³-hybridized carbons (Fsp3) is 0.391. The van der Waals surface area contributed by atoms with Crippen LogP contribution in [0.25, 0.3) is 0 Å². The number of nitrogens with zero attached hydrogens (tertiary/aromatic N) is 1. The standard InChI is InChI=1S/C23H29NO4/c1-4-14-24(23(27)28-16-19-8-6-5-7-9-19)21(22(25)26)20-12-10-18(11-13-20)15-17(2)3/h5-13,17,21H,4,14-16H2,1-3H3,(H,25,26). The fourth-order valence-electron chi connectivity index (χ4n) is 3.13. The molecule has 0 radical (unpaired) electrons. The molecule has 1 N–H and O–H groups in total. The Morgan fingerprint density at radius 1 is 1.00 bits per heavy atom. The molecule has 0 saturated carbocycles. The van der Waals surface area contributed by atoms with Gasteiger partial charge in [-0.25, -0.2) is 9.59 Å². The monoisotopic (exact) mass is 383 g/mol. The third kappa shape index (κ3) is 6.12. The summed E-state index contributed by atoms with van der Waals surface area (Å²) in [6, 6.07) is 15.7. The van der Waals surface area contributed by atoms with Crippen LogP contribution >= 0.6 is 0 Å². The Balaban J connectivity index is 2.18. The van der Waals surface area contributed by atoms with Gasteiger partial charge in [-0.1, -0.05) is 75.4 Å². The Morgan fingerprint density at radius 2 is 1.64 bits per heavy atom. The minimum Gasteiger partial charge on any atom is -0.479 e. The average Bonchev–Trinajstić information content (AvgIpc) is 2.67. The summed E-state index contributed by atoms with van der Waals surface area (Å²) >= 11 is 0. The molecule has 0 aliphatic rings. The summed E-state index contributed by atoms with van der Waals surface area (Å²) in [5.41, 5.74) is 2.58. The summed E-state index contributed by atoms with van der Waals surface area (Å²) in [6.07, 6.45) is 0.940. The zero-order valence-electron chi connectivity index (χ0n) is 16.8. The summed E-state index contributed by atoms with van der Waals surface area (Å²) < 4.78 is 5.40. The molecule has 2 aromatic carbocycles. The highest BCUT2D eigenvalue weighted by molar-refractivity contribution is 5.81. The first-order chi connectivity index (χ1) is 13.4. The van der Waals surface area contributed by atoms with Crippen molar-refractivity contribution in [3.63, 3.8) is 0 Å². The van der Waals surface area contributed by atoms with E-state index in [1.807, 2.05) is 49.4 Å². The van der Waals surface area contributed by atoms with Gasteiger partial charge in [0.15, 0.2) is 6.04 Å². The quantitative estimate of drug-likeness (QED) is 0.657. The van der Waals surface area contributed by atoms with E-state index in [4.69, 9.17) is 4.74 Å². The molecule has 0 aliphatic heterocycles. The number of aliphatic carboxylic acids is 1.